The topological polar surface area (TPSA) is 48.7 Å². The number of aromatic nitrogens is 2. The van der Waals surface area contributed by atoms with Crippen molar-refractivity contribution in [1.82, 2.24) is 24.7 Å². The number of hydrogen-bond acceptors (Lipinski definition) is 3. The lowest BCUT2D eigenvalue weighted by Crippen LogP contribution is -2.58. The molecule has 2 heterocycles. The third-order valence-electron chi connectivity index (χ3n) is 6.93. The second-order valence-corrected chi connectivity index (χ2v) is 9.01. The Labute approximate surface area is 165 Å². The Kier molecular flexibility index (Phi) is 6.45. The van der Waals surface area contributed by atoms with E-state index in [0.29, 0.717) is 12.0 Å². The van der Waals surface area contributed by atoms with E-state index in [1.165, 1.54) is 32.1 Å². The largest absolute Gasteiger partial charge is 0.354 e. The van der Waals surface area contributed by atoms with E-state index in [0.717, 1.165) is 31.5 Å². The summed E-state index contributed by atoms with van der Waals surface area (Å²) in [6.07, 6.45) is 12.3. The molecule has 1 aromatic rings. The number of hydrogen-bond donors (Lipinski definition) is 1. The van der Waals surface area contributed by atoms with Gasteiger partial charge in [0.25, 0.3) is 0 Å². The molecule has 0 aromatic carbocycles. The van der Waals surface area contributed by atoms with Crippen LogP contribution in [0.25, 0.3) is 0 Å². The Morgan fingerprint density at radius 1 is 1.33 bits per heavy atom. The number of nitrogens with zero attached hydrogens (tertiary/aromatic N) is 5. The zero-order valence-corrected chi connectivity index (χ0v) is 17.9. The number of piperidine rings is 1. The summed E-state index contributed by atoms with van der Waals surface area (Å²) in [5, 5.41) is 3.74. The highest BCUT2D eigenvalue weighted by atomic mass is 15.3. The molecule has 1 saturated heterocycles. The first kappa shape index (κ1) is 20.2. The molecule has 6 nitrogen and oxygen atoms in total. The van der Waals surface area contributed by atoms with Gasteiger partial charge in [-0.25, -0.2) is 4.98 Å². The van der Waals surface area contributed by atoms with E-state index in [9.17, 15) is 0 Å². The minimum atomic E-state index is 0.237. The van der Waals surface area contributed by atoms with Crippen molar-refractivity contribution in [3.63, 3.8) is 0 Å². The van der Waals surface area contributed by atoms with Crippen LogP contribution in [0, 0.1) is 11.8 Å². The van der Waals surface area contributed by atoms with Crippen LogP contribution in [-0.2, 0) is 0 Å². The molecule has 0 amide bonds. The summed E-state index contributed by atoms with van der Waals surface area (Å²) in [6.45, 7) is 7.77. The number of likely N-dealkylation sites (N-methyl/N-ethyl adjacent to an activating group) is 1. The fraction of sp³-hybridized carbons (Fsp3) is 0.810. The van der Waals surface area contributed by atoms with Gasteiger partial charge in [0.2, 0.25) is 0 Å². The SMILES string of the molecule is CN=C(NCC1(N(C)C)CCCC(C)C1)N1CCC(C)C(n2ccnc2)C1. The molecule has 6 heteroatoms. The summed E-state index contributed by atoms with van der Waals surface area (Å²) < 4.78 is 2.26. The van der Waals surface area contributed by atoms with Crippen LogP contribution in [0.1, 0.15) is 52.0 Å². The van der Waals surface area contributed by atoms with Crippen LogP contribution >= 0.6 is 0 Å². The summed E-state index contributed by atoms with van der Waals surface area (Å²) in [6, 6.07) is 0.456. The molecule has 1 N–H and O–H groups in total. The standard InChI is InChI=1S/C21H38N6/c1-17-7-6-9-21(13-17,25(4)5)15-24-20(22-3)26-11-8-18(2)19(14-26)27-12-10-23-16-27/h10,12,16-19H,6-9,11,13-15H2,1-5H3,(H,22,24). The normalized spacial score (nSPS) is 32.7. The predicted octanol–water partition coefficient (Wildman–Crippen LogP) is 2.85. The van der Waals surface area contributed by atoms with Crippen molar-refractivity contribution in [2.24, 2.45) is 16.8 Å². The van der Waals surface area contributed by atoms with Crippen molar-refractivity contribution < 1.29 is 0 Å². The molecule has 3 rings (SSSR count). The Balaban J connectivity index is 1.66. The Morgan fingerprint density at radius 3 is 2.78 bits per heavy atom. The zero-order chi connectivity index (χ0) is 19.4. The van der Waals surface area contributed by atoms with E-state index in [1.54, 1.807) is 0 Å². The van der Waals surface area contributed by atoms with Gasteiger partial charge in [0.05, 0.1) is 12.4 Å². The van der Waals surface area contributed by atoms with Gasteiger partial charge in [-0.2, -0.15) is 0 Å². The summed E-state index contributed by atoms with van der Waals surface area (Å²) in [5.41, 5.74) is 0.237. The van der Waals surface area contributed by atoms with E-state index in [-0.39, 0.29) is 5.54 Å². The van der Waals surface area contributed by atoms with E-state index in [4.69, 9.17) is 0 Å². The lowest BCUT2D eigenvalue weighted by molar-refractivity contribution is 0.0782. The molecular formula is C21H38N6. The summed E-state index contributed by atoms with van der Waals surface area (Å²) in [5.74, 6) is 2.50. The third kappa shape index (κ3) is 4.48. The van der Waals surface area contributed by atoms with Crippen LogP contribution in [0.3, 0.4) is 0 Å². The lowest BCUT2D eigenvalue weighted by atomic mass is 9.75. The van der Waals surface area contributed by atoms with Crippen molar-refractivity contribution in [2.75, 3.05) is 40.8 Å². The van der Waals surface area contributed by atoms with Crippen molar-refractivity contribution >= 4 is 5.96 Å². The molecule has 27 heavy (non-hydrogen) atoms. The van der Waals surface area contributed by atoms with Crippen LogP contribution in [-0.4, -0.2) is 71.6 Å². The van der Waals surface area contributed by atoms with Gasteiger partial charge in [0.15, 0.2) is 5.96 Å². The van der Waals surface area contributed by atoms with Gasteiger partial charge in [-0.05, 0) is 45.2 Å². The van der Waals surface area contributed by atoms with Gasteiger partial charge >= 0.3 is 0 Å². The molecule has 4 atom stereocenters. The Bertz CT molecular complexity index is 610. The second kappa shape index (κ2) is 8.63. The Hall–Kier alpha value is -1.56. The number of nitrogens with one attached hydrogen (secondary N) is 1. The molecule has 0 radical (unpaired) electrons. The number of imidazole rings is 1. The average molecular weight is 375 g/mol. The minimum Gasteiger partial charge on any atom is -0.354 e. The summed E-state index contributed by atoms with van der Waals surface area (Å²) >= 11 is 0. The molecular weight excluding hydrogens is 336 g/mol. The van der Waals surface area contributed by atoms with Gasteiger partial charge in [-0.3, -0.25) is 4.99 Å². The molecule has 0 bridgehead atoms. The van der Waals surface area contributed by atoms with Crippen molar-refractivity contribution in [3.05, 3.63) is 18.7 Å². The zero-order valence-electron chi connectivity index (χ0n) is 17.9. The van der Waals surface area contributed by atoms with E-state index < -0.39 is 0 Å². The first-order valence-electron chi connectivity index (χ1n) is 10.6. The van der Waals surface area contributed by atoms with Gasteiger partial charge in [-0.15, -0.1) is 0 Å². The van der Waals surface area contributed by atoms with Crippen LogP contribution in [0.5, 0.6) is 0 Å². The average Bonchev–Trinajstić information content (AvgIpc) is 3.17. The highest BCUT2D eigenvalue weighted by Gasteiger charge is 2.37. The molecule has 1 aliphatic heterocycles. The van der Waals surface area contributed by atoms with Crippen molar-refractivity contribution in [3.8, 4) is 0 Å². The molecule has 2 aliphatic rings. The number of rotatable bonds is 4. The maximum Gasteiger partial charge on any atom is 0.193 e. The first-order valence-corrected chi connectivity index (χ1v) is 10.6. The van der Waals surface area contributed by atoms with Gasteiger partial charge < -0.3 is 19.7 Å². The van der Waals surface area contributed by atoms with E-state index in [2.05, 4.69) is 63.8 Å². The van der Waals surface area contributed by atoms with Gasteiger partial charge in [0.1, 0.15) is 0 Å². The first-order chi connectivity index (χ1) is 12.9. The van der Waals surface area contributed by atoms with E-state index >= 15 is 0 Å². The van der Waals surface area contributed by atoms with Crippen LogP contribution in [0.15, 0.2) is 23.7 Å². The van der Waals surface area contributed by atoms with E-state index in [1.807, 2.05) is 19.6 Å². The molecule has 2 fully saturated rings. The fourth-order valence-electron chi connectivity index (χ4n) is 5.03. The predicted molar refractivity (Wildman–Crippen MR) is 112 cm³/mol. The van der Waals surface area contributed by atoms with Gasteiger partial charge in [0, 0.05) is 44.6 Å². The van der Waals surface area contributed by atoms with Crippen LogP contribution < -0.4 is 5.32 Å². The van der Waals surface area contributed by atoms with Crippen molar-refractivity contribution in [2.45, 2.75) is 57.5 Å². The molecule has 1 aromatic heterocycles. The molecule has 1 saturated carbocycles. The fourth-order valence-corrected chi connectivity index (χ4v) is 5.03. The molecule has 0 spiro atoms. The monoisotopic (exact) mass is 374 g/mol. The summed E-state index contributed by atoms with van der Waals surface area (Å²) in [4.78, 5) is 13.8. The van der Waals surface area contributed by atoms with Crippen LogP contribution in [0.2, 0.25) is 0 Å². The smallest absolute Gasteiger partial charge is 0.193 e. The quantitative estimate of drug-likeness (QED) is 0.650. The molecule has 1 aliphatic carbocycles. The van der Waals surface area contributed by atoms with Gasteiger partial charge in [-0.1, -0.05) is 26.7 Å². The minimum absolute atomic E-state index is 0.237. The van der Waals surface area contributed by atoms with Crippen molar-refractivity contribution in [1.29, 1.82) is 0 Å². The van der Waals surface area contributed by atoms with Crippen LogP contribution in [0.4, 0.5) is 0 Å². The highest BCUT2D eigenvalue weighted by molar-refractivity contribution is 5.80. The molecule has 4 unspecified atom stereocenters. The summed E-state index contributed by atoms with van der Waals surface area (Å²) in [7, 11) is 6.39. The Morgan fingerprint density at radius 2 is 2.15 bits per heavy atom. The number of likely N-dealkylation sites (tertiary alicyclic amines) is 1. The maximum absolute atomic E-state index is 4.63. The highest BCUT2D eigenvalue weighted by Crippen LogP contribution is 2.35. The third-order valence-corrected chi connectivity index (χ3v) is 6.93. The lowest BCUT2D eigenvalue weighted by Gasteiger charge is -2.46. The molecule has 152 valence electrons. The number of guanidine groups is 1. The number of aliphatic imine (C=N–C) groups is 1. The maximum atomic E-state index is 4.63. The second-order valence-electron chi connectivity index (χ2n) is 9.01.